The molecule has 0 aliphatic rings. The highest BCUT2D eigenvalue weighted by atomic mass is 19.1. The van der Waals surface area contributed by atoms with E-state index in [1.165, 1.54) is 18.2 Å². The van der Waals surface area contributed by atoms with Crippen LogP contribution in [0.15, 0.2) is 18.2 Å². The first-order valence-corrected chi connectivity index (χ1v) is 4.12. The lowest BCUT2D eigenvalue weighted by Gasteiger charge is -2.07. The van der Waals surface area contributed by atoms with Gasteiger partial charge in [-0.3, -0.25) is 4.79 Å². The molecule has 3 heteroatoms. The van der Waals surface area contributed by atoms with Crippen LogP contribution >= 0.6 is 0 Å². The quantitative estimate of drug-likeness (QED) is 0.561. The van der Waals surface area contributed by atoms with Crippen LogP contribution in [0.1, 0.15) is 24.2 Å². The number of anilines is 1. The first kappa shape index (κ1) is 9.71. The second-order valence-electron chi connectivity index (χ2n) is 3.22. The van der Waals surface area contributed by atoms with Gasteiger partial charge in [-0.05, 0) is 12.1 Å². The number of ketones is 1. The van der Waals surface area contributed by atoms with Crippen LogP contribution in [-0.2, 0) is 0 Å². The van der Waals surface area contributed by atoms with Crippen molar-refractivity contribution in [3.8, 4) is 0 Å². The second kappa shape index (κ2) is 3.56. The molecule has 0 aromatic heterocycles. The third-order valence-corrected chi connectivity index (χ3v) is 1.82. The van der Waals surface area contributed by atoms with Gasteiger partial charge in [-0.1, -0.05) is 19.9 Å². The molecule has 0 unspecified atom stereocenters. The van der Waals surface area contributed by atoms with E-state index in [0.717, 1.165) is 0 Å². The SMILES string of the molecule is CC(C)C(=O)c1c(N)cccc1F. The Balaban J connectivity index is 3.20. The molecule has 0 fully saturated rings. The van der Waals surface area contributed by atoms with Crippen molar-refractivity contribution in [2.45, 2.75) is 13.8 Å². The molecule has 2 N–H and O–H groups in total. The zero-order valence-corrected chi connectivity index (χ0v) is 7.67. The summed E-state index contributed by atoms with van der Waals surface area (Å²) in [5.74, 6) is -1.03. The number of Topliss-reactive ketones (excluding diaryl/α,β-unsaturated/α-hetero) is 1. The molecule has 0 saturated heterocycles. The van der Waals surface area contributed by atoms with Crippen molar-refractivity contribution in [1.29, 1.82) is 0 Å². The van der Waals surface area contributed by atoms with Crippen molar-refractivity contribution >= 4 is 11.5 Å². The van der Waals surface area contributed by atoms with Crippen molar-refractivity contribution in [2.24, 2.45) is 5.92 Å². The highest BCUT2D eigenvalue weighted by Crippen LogP contribution is 2.19. The zero-order valence-electron chi connectivity index (χ0n) is 7.67. The Bertz CT molecular complexity index is 313. The van der Waals surface area contributed by atoms with Gasteiger partial charge in [-0.2, -0.15) is 0 Å². The van der Waals surface area contributed by atoms with Crippen LogP contribution < -0.4 is 5.73 Å². The standard InChI is InChI=1S/C10H12FNO/c1-6(2)10(13)9-7(11)4-3-5-8(9)12/h3-6H,12H2,1-2H3. The monoisotopic (exact) mass is 181 g/mol. The van der Waals surface area contributed by atoms with E-state index in [9.17, 15) is 9.18 Å². The average Bonchev–Trinajstić information content (AvgIpc) is 2.03. The highest BCUT2D eigenvalue weighted by molar-refractivity contribution is 6.02. The minimum absolute atomic E-state index is 0.0116. The Labute approximate surface area is 76.6 Å². The summed E-state index contributed by atoms with van der Waals surface area (Å²) < 4.78 is 13.2. The van der Waals surface area contributed by atoms with Gasteiger partial charge >= 0.3 is 0 Å². The fraction of sp³-hybridized carbons (Fsp3) is 0.300. The molecule has 0 amide bonds. The van der Waals surface area contributed by atoms with Crippen molar-refractivity contribution in [2.75, 3.05) is 5.73 Å². The van der Waals surface area contributed by atoms with Gasteiger partial charge in [-0.25, -0.2) is 4.39 Å². The molecule has 0 heterocycles. The normalized spacial score (nSPS) is 10.5. The van der Waals surface area contributed by atoms with Gasteiger partial charge in [0.05, 0.1) is 5.56 Å². The van der Waals surface area contributed by atoms with E-state index in [1.54, 1.807) is 13.8 Å². The molecule has 1 rings (SSSR count). The fourth-order valence-corrected chi connectivity index (χ4v) is 1.09. The minimum atomic E-state index is -0.543. The topological polar surface area (TPSA) is 43.1 Å². The first-order chi connectivity index (χ1) is 6.04. The van der Waals surface area contributed by atoms with E-state index in [1.807, 2.05) is 0 Å². The Morgan fingerprint density at radius 1 is 1.46 bits per heavy atom. The van der Waals surface area contributed by atoms with Crippen molar-refractivity contribution in [3.63, 3.8) is 0 Å². The molecule has 0 radical (unpaired) electrons. The molecule has 0 aliphatic carbocycles. The Morgan fingerprint density at radius 3 is 2.54 bits per heavy atom. The van der Waals surface area contributed by atoms with E-state index in [2.05, 4.69) is 0 Å². The number of benzene rings is 1. The third-order valence-electron chi connectivity index (χ3n) is 1.82. The molecule has 0 saturated carbocycles. The molecule has 0 bridgehead atoms. The number of halogens is 1. The summed E-state index contributed by atoms with van der Waals surface area (Å²) in [6.45, 7) is 3.43. The van der Waals surface area contributed by atoms with E-state index in [0.29, 0.717) is 0 Å². The summed E-state index contributed by atoms with van der Waals surface area (Å²) in [6, 6.07) is 4.26. The summed E-state index contributed by atoms with van der Waals surface area (Å²) in [6.07, 6.45) is 0. The van der Waals surface area contributed by atoms with Crippen LogP contribution in [0.3, 0.4) is 0 Å². The van der Waals surface area contributed by atoms with Gasteiger partial charge in [0, 0.05) is 11.6 Å². The maximum Gasteiger partial charge on any atom is 0.170 e. The van der Waals surface area contributed by atoms with Gasteiger partial charge in [-0.15, -0.1) is 0 Å². The lowest BCUT2D eigenvalue weighted by molar-refractivity contribution is 0.0936. The van der Waals surface area contributed by atoms with Gasteiger partial charge in [0.2, 0.25) is 0 Å². The first-order valence-electron chi connectivity index (χ1n) is 4.12. The zero-order chi connectivity index (χ0) is 10.0. The summed E-state index contributed by atoms with van der Waals surface area (Å²) >= 11 is 0. The minimum Gasteiger partial charge on any atom is -0.398 e. The van der Waals surface area contributed by atoms with Crippen molar-refractivity contribution in [1.82, 2.24) is 0 Å². The van der Waals surface area contributed by atoms with Crippen LogP contribution in [0.5, 0.6) is 0 Å². The van der Waals surface area contributed by atoms with Crippen LogP contribution in [0.4, 0.5) is 10.1 Å². The average molecular weight is 181 g/mol. The van der Waals surface area contributed by atoms with Crippen LogP contribution in [0, 0.1) is 11.7 Å². The van der Waals surface area contributed by atoms with E-state index in [4.69, 9.17) is 5.73 Å². The van der Waals surface area contributed by atoms with Gasteiger partial charge in [0.25, 0.3) is 0 Å². The lowest BCUT2D eigenvalue weighted by atomic mass is 9.99. The summed E-state index contributed by atoms with van der Waals surface area (Å²) in [7, 11) is 0. The number of carbonyl (C=O) groups is 1. The van der Waals surface area contributed by atoms with Gasteiger partial charge in [0.1, 0.15) is 5.82 Å². The van der Waals surface area contributed by atoms with Crippen LogP contribution in [0.25, 0.3) is 0 Å². The van der Waals surface area contributed by atoms with E-state index >= 15 is 0 Å². The van der Waals surface area contributed by atoms with E-state index < -0.39 is 5.82 Å². The molecule has 13 heavy (non-hydrogen) atoms. The summed E-state index contributed by atoms with van der Waals surface area (Å²) in [5, 5.41) is 0. The fourth-order valence-electron chi connectivity index (χ4n) is 1.09. The Morgan fingerprint density at radius 2 is 2.08 bits per heavy atom. The number of rotatable bonds is 2. The molecule has 70 valence electrons. The van der Waals surface area contributed by atoms with Crippen LogP contribution in [-0.4, -0.2) is 5.78 Å². The molecule has 0 aliphatic heterocycles. The van der Waals surface area contributed by atoms with Crippen molar-refractivity contribution in [3.05, 3.63) is 29.6 Å². The van der Waals surface area contributed by atoms with Gasteiger partial charge < -0.3 is 5.73 Å². The predicted molar refractivity (Wildman–Crippen MR) is 50.0 cm³/mol. The molecular formula is C10H12FNO. The number of nitrogen functional groups attached to an aromatic ring is 1. The number of nitrogens with two attached hydrogens (primary N) is 1. The number of hydrogen-bond donors (Lipinski definition) is 1. The number of hydrogen-bond acceptors (Lipinski definition) is 2. The highest BCUT2D eigenvalue weighted by Gasteiger charge is 2.17. The second-order valence-corrected chi connectivity index (χ2v) is 3.22. The molecule has 2 nitrogen and oxygen atoms in total. The Kier molecular flexibility index (Phi) is 2.66. The Hall–Kier alpha value is -1.38. The summed E-state index contributed by atoms with van der Waals surface area (Å²) in [4.78, 5) is 11.5. The molecule has 1 aromatic carbocycles. The third kappa shape index (κ3) is 1.86. The maximum absolute atomic E-state index is 13.2. The van der Waals surface area contributed by atoms with Gasteiger partial charge in [0.15, 0.2) is 5.78 Å². The molecule has 1 aromatic rings. The smallest absolute Gasteiger partial charge is 0.170 e. The molecular weight excluding hydrogens is 169 g/mol. The maximum atomic E-state index is 13.2. The number of carbonyl (C=O) groups excluding carboxylic acids is 1. The summed E-state index contributed by atoms with van der Waals surface area (Å²) in [5.41, 5.74) is 5.72. The molecule has 0 atom stereocenters. The van der Waals surface area contributed by atoms with Crippen molar-refractivity contribution < 1.29 is 9.18 Å². The predicted octanol–water partition coefficient (Wildman–Crippen LogP) is 2.25. The molecule has 0 spiro atoms. The van der Waals surface area contributed by atoms with Crippen LogP contribution in [0.2, 0.25) is 0 Å². The lowest BCUT2D eigenvalue weighted by Crippen LogP contribution is -2.12. The largest absolute Gasteiger partial charge is 0.398 e. The van der Waals surface area contributed by atoms with E-state index in [-0.39, 0.29) is 23.0 Å².